The Kier molecular flexibility index (Phi) is 10.8. The highest BCUT2D eigenvalue weighted by Crippen LogP contribution is 2.77. The molecule has 0 N–H and O–H groups in total. The lowest BCUT2D eigenvalue weighted by molar-refractivity contribution is 0.0545. The van der Waals surface area contributed by atoms with Crippen LogP contribution in [0.15, 0.2) is 168 Å². The minimum Gasteiger partial charge on any atom is -0.440 e. The fourth-order valence-corrected chi connectivity index (χ4v) is 12.2. The SMILES string of the molecule is Cc1ccc(ON2P(Oc3ccccc3)N=P(Oc3ccccc3)(Oc3ccccc3)N(Oc3ccc(C)cc3)P2Oc2ccc(C)cc2)cc1. The van der Waals surface area contributed by atoms with E-state index >= 15 is 0 Å². The standard InChI is InChI=1S/C39H36N3O6P3/c1-31-19-25-34(26-20-31)43-41-49(45-36-13-7-4-8-14-36)40-51(47-38-15-9-5-10-16-38,48-39-17-11-6-12-18-39)42(44-35-27-21-32(2)22-28-35)50(41)46-37-29-23-33(3)24-30-37/h4-30H,1-3H3. The van der Waals surface area contributed by atoms with Gasteiger partial charge in [-0.1, -0.05) is 108 Å². The van der Waals surface area contributed by atoms with Gasteiger partial charge in [0.2, 0.25) is 0 Å². The van der Waals surface area contributed by atoms with Gasteiger partial charge < -0.3 is 27.8 Å². The van der Waals surface area contributed by atoms with Crippen LogP contribution < -0.4 is 27.8 Å². The largest absolute Gasteiger partial charge is 0.447 e. The number of nitrogens with zero attached hydrogens (tertiary/aromatic N) is 3. The monoisotopic (exact) mass is 735 g/mol. The van der Waals surface area contributed by atoms with Crippen LogP contribution in [0.25, 0.3) is 0 Å². The first-order valence-electron chi connectivity index (χ1n) is 16.2. The normalized spacial score (nSPS) is 17.1. The second kappa shape index (κ2) is 16.0. The first kappa shape index (κ1) is 34.6. The van der Waals surface area contributed by atoms with Crippen molar-refractivity contribution in [2.45, 2.75) is 20.8 Å². The van der Waals surface area contributed by atoms with Crippen molar-refractivity contribution >= 4 is 24.6 Å². The zero-order chi connectivity index (χ0) is 35.0. The summed E-state index contributed by atoms with van der Waals surface area (Å²) in [6.45, 7) is 6.07. The maximum atomic E-state index is 6.94. The lowest BCUT2D eigenvalue weighted by atomic mass is 10.2. The lowest BCUT2D eigenvalue weighted by Crippen LogP contribution is -2.37. The highest BCUT2D eigenvalue weighted by Gasteiger charge is 2.58. The smallest absolute Gasteiger partial charge is 0.440 e. The topological polar surface area (TPSA) is 74.2 Å². The number of hydrogen-bond donors (Lipinski definition) is 0. The Morgan fingerprint density at radius 2 is 0.824 bits per heavy atom. The second-order valence-corrected chi connectivity index (χ2v) is 17.0. The van der Waals surface area contributed by atoms with Gasteiger partial charge >= 0.3 is 24.6 Å². The molecule has 0 aromatic heterocycles. The van der Waals surface area contributed by atoms with Crippen LogP contribution in [0.4, 0.5) is 0 Å². The highest BCUT2D eigenvalue weighted by atomic mass is 31.3. The summed E-state index contributed by atoms with van der Waals surface area (Å²) in [5, 5.41) is 0. The van der Waals surface area contributed by atoms with E-state index in [9.17, 15) is 0 Å². The van der Waals surface area contributed by atoms with Gasteiger partial charge in [-0.3, -0.25) is 0 Å². The van der Waals surface area contributed by atoms with Gasteiger partial charge in [0.15, 0.2) is 0 Å². The van der Waals surface area contributed by atoms with E-state index in [1.54, 1.807) is 9.21 Å². The van der Waals surface area contributed by atoms with Crippen molar-refractivity contribution < 1.29 is 27.8 Å². The van der Waals surface area contributed by atoms with Crippen LogP contribution in [0.5, 0.6) is 34.5 Å². The Morgan fingerprint density at radius 3 is 1.29 bits per heavy atom. The minimum atomic E-state index is -3.75. The maximum absolute atomic E-state index is 6.94. The van der Waals surface area contributed by atoms with Crippen molar-refractivity contribution in [3.63, 3.8) is 0 Å². The summed E-state index contributed by atoms with van der Waals surface area (Å²) >= 11 is 0. The number of aryl methyl sites for hydroxylation is 3. The average Bonchev–Trinajstić information content (AvgIpc) is 3.15. The molecular formula is C39H36N3O6P3. The third-order valence-electron chi connectivity index (χ3n) is 7.33. The van der Waals surface area contributed by atoms with Gasteiger partial charge in [0.1, 0.15) is 34.5 Å². The van der Waals surface area contributed by atoms with Crippen molar-refractivity contribution in [1.29, 1.82) is 0 Å². The molecular weight excluding hydrogens is 699 g/mol. The summed E-state index contributed by atoms with van der Waals surface area (Å²) in [6, 6.07) is 51.6. The third kappa shape index (κ3) is 8.72. The van der Waals surface area contributed by atoms with E-state index in [-0.39, 0.29) is 0 Å². The van der Waals surface area contributed by atoms with E-state index in [0.717, 1.165) is 16.7 Å². The van der Waals surface area contributed by atoms with E-state index in [1.165, 1.54) is 0 Å². The first-order chi connectivity index (χ1) is 24.9. The molecule has 6 aromatic rings. The van der Waals surface area contributed by atoms with Crippen molar-refractivity contribution in [2.24, 2.45) is 4.52 Å². The Hall–Kier alpha value is -4.87. The number of benzene rings is 6. The molecule has 1 aliphatic heterocycles. The van der Waals surface area contributed by atoms with Crippen molar-refractivity contribution in [1.82, 2.24) is 9.21 Å². The van der Waals surface area contributed by atoms with Gasteiger partial charge in [-0.2, -0.15) is 0 Å². The number of hydrogen-bond acceptors (Lipinski definition) is 9. The summed E-state index contributed by atoms with van der Waals surface area (Å²) in [4.78, 5) is 13.6. The van der Waals surface area contributed by atoms with Crippen LogP contribution in [0.3, 0.4) is 0 Å². The van der Waals surface area contributed by atoms with Crippen LogP contribution in [-0.4, -0.2) is 9.21 Å². The fraction of sp³-hybridized carbons (Fsp3) is 0.0769. The van der Waals surface area contributed by atoms with Crippen molar-refractivity contribution in [3.05, 3.63) is 180 Å². The molecule has 0 radical (unpaired) electrons. The molecule has 6 aromatic carbocycles. The van der Waals surface area contributed by atoms with E-state index in [0.29, 0.717) is 34.5 Å². The zero-order valence-corrected chi connectivity index (χ0v) is 30.9. The van der Waals surface area contributed by atoms with Gasteiger partial charge in [0.05, 0.1) is 0 Å². The Labute approximate surface area is 301 Å². The molecule has 9 nitrogen and oxygen atoms in total. The molecule has 2 atom stereocenters. The van der Waals surface area contributed by atoms with Crippen LogP contribution in [0.1, 0.15) is 16.7 Å². The predicted octanol–water partition coefficient (Wildman–Crippen LogP) is 12.2. The molecule has 51 heavy (non-hydrogen) atoms. The van der Waals surface area contributed by atoms with Crippen LogP contribution >= 0.6 is 24.6 Å². The summed E-state index contributed by atoms with van der Waals surface area (Å²) in [6.07, 6.45) is 0. The third-order valence-corrected chi connectivity index (χ3v) is 14.2. The maximum Gasteiger partial charge on any atom is 0.447 e. The molecule has 1 heterocycles. The second-order valence-electron chi connectivity index (χ2n) is 11.5. The molecule has 0 fully saturated rings. The molecule has 1 aliphatic rings. The van der Waals surface area contributed by atoms with Crippen LogP contribution in [0, 0.1) is 20.8 Å². The van der Waals surface area contributed by atoms with Gasteiger partial charge in [-0.15, -0.1) is 4.52 Å². The Morgan fingerprint density at radius 1 is 0.431 bits per heavy atom. The highest BCUT2D eigenvalue weighted by molar-refractivity contribution is 7.78. The Bertz CT molecular complexity index is 2010. The van der Waals surface area contributed by atoms with Crippen LogP contribution in [-0.2, 0) is 0 Å². The van der Waals surface area contributed by atoms with E-state index in [4.69, 9.17) is 32.3 Å². The predicted molar refractivity (Wildman–Crippen MR) is 203 cm³/mol. The number of para-hydroxylation sites is 3. The summed E-state index contributed by atoms with van der Waals surface area (Å²) in [7, 11) is -7.93. The lowest BCUT2D eigenvalue weighted by Gasteiger charge is -2.43. The first-order valence-corrected chi connectivity index (χ1v) is 20.1. The van der Waals surface area contributed by atoms with E-state index in [2.05, 4.69) is 0 Å². The molecule has 0 bridgehead atoms. The van der Waals surface area contributed by atoms with Crippen molar-refractivity contribution in [3.8, 4) is 34.5 Å². The molecule has 7 rings (SSSR count). The molecule has 12 heteroatoms. The molecule has 258 valence electrons. The summed E-state index contributed by atoms with van der Waals surface area (Å²) in [5.74, 6) is 3.30. The van der Waals surface area contributed by atoms with Gasteiger partial charge in [-0.05, 0) is 93.6 Å². The van der Waals surface area contributed by atoms with Crippen LogP contribution in [0.2, 0.25) is 0 Å². The van der Waals surface area contributed by atoms with Gasteiger partial charge in [0.25, 0.3) is 0 Å². The van der Waals surface area contributed by atoms with E-state index < -0.39 is 24.6 Å². The fourth-order valence-electron chi connectivity index (χ4n) is 4.69. The van der Waals surface area contributed by atoms with Gasteiger partial charge in [-0.25, -0.2) is 0 Å². The summed E-state index contributed by atoms with van der Waals surface area (Å²) in [5.41, 5.74) is 3.26. The molecule has 0 spiro atoms. The zero-order valence-electron chi connectivity index (χ0n) is 28.2. The molecule has 0 aliphatic carbocycles. The number of rotatable bonds is 12. The molecule has 0 saturated heterocycles. The molecule has 2 unspecified atom stereocenters. The molecule has 0 amide bonds. The average molecular weight is 736 g/mol. The van der Waals surface area contributed by atoms with Crippen molar-refractivity contribution in [2.75, 3.05) is 0 Å². The van der Waals surface area contributed by atoms with Gasteiger partial charge in [0, 0.05) is 9.21 Å². The van der Waals surface area contributed by atoms with E-state index in [1.807, 2.05) is 185 Å². The quantitative estimate of drug-likeness (QED) is 0.115. The summed E-state index contributed by atoms with van der Waals surface area (Å²) < 4.78 is 36.1. The molecule has 0 saturated carbocycles. The Balaban J connectivity index is 1.47. The minimum absolute atomic E-state index is 0.524.